The fraction of sp³-hybridized carbons (Fsp3) is 0.600. The number of carbonyl (C=O) groups is 1. The van der Waals surface area contributed by atoms with E-state index < -0.39 is 0 Å². The summed E-state index contributed by atoms with van der Waals surface area (Å²) in [4.78, 5) is 15.4. The molecule has 0 aliphatic rings. The van der Waals surface area contributed by atoms with Gasteiger partial charge < -0.3 is 15.5 Å². The van der Waals surface area contributed by atoms with Crippen LogP contribution >= 0.6 is 0 Å². The van der Waals surface area contributed by atoms with Gasteiger partial charge in [-0.3, -0.25) is 4.79 Å². The third-order valence-corrected chi connectivity index (χ3v) is 2.01. The highest BCUT2D eigenvalue weighted by Gasteiger charge is 2.15. The lowest BCUT2D eigenvalue weighted by atomic mass is 10.2. The molecule has 0 spiro atoms. The smallest absolute Gasteiger partial charge is 0.273 e. The highest BCUT2D eigenvalue weighted by atomic mass is 16.3. The Hall–Kier alpha value is -1.36. The number of hydrogen-bond donors (Lipinski definition) is 2. The molecular formula is C10H17N3O2. The molecule has 1 amide bonds. The Kier molecular flexibility index (Phi) is 4.30. The molecule has 1 heterocycles. The maximum absolute atomic E-state index is 11.4. The minimum absolute atomic E-state index is 0.224. The van der Waals surface area contributed by atoms with Crippen molar-refractivity contribution >= 4 is 5.91 Å². The van der Waals surface area contributed by atoms with Gasteiger partial charge in [0.1, 0.15) is 6.26 Å². The van der Waals surface area contributed by atoms with Gasteiger partial charge in [-0.05, 0) is 13.3 Å². The molecule has 5 heteroatoms. The van der Waals surface area contributed by atoms with Crippen LogP contribution < -0.4 is 11.1 Å². The molecule has 1 aromatic rings. The normalized spacial score (nSPS) is 12.5. The molecule has 1 aromatic heterocycles. The Morgan fingerprint density at radius 2 is 2.40 bits per heavy atom. The highest BCUT2D eigenvalue weighted by Crippen LogP contribution is 2.14. The van der Waals surface area contributed by atoms with Gasteiger partial charge in [-0.15, -0.1) is 0 Å². The van der Waals surface area contributed by atoms with Gasteiger partial charge in [0.15, 0.2) is 5.69 Å². The van der Waals surface area contributed by atoms with Gasteiger partial charge in [0.05, 0.1) is 6.04 Å². The van der Waals surface area contributed by atoms with Gasteiger partial charge in [0.25, 0.3) is 5.91 Å². The summed E-state index contributed by atoms with van der Waals surface area (Å²) in [6.07, 6.45) is 3.10. The average Bonchev–Trinajstić information content (AvgIpc) is 2.67. The topological polar surface area (TPSA) is 81.1 Å². The van der Waals surface area contributed by atoms with Crippen LogP contribution in [0.2, 0.25) is 0 Å². The number of nitrogens with two attached hydrogens (primary N) is 1. The molecule has 1 rings (SSSR count). The third-order valence-electron chi connectivity index (χ3n) is 2.01. The van der Waals surface area contributed by atoms with E-state index in [1.165, 1.54) is 6.26 Å². The molecule has 0 radical (unpaired) electrons. The van der Waals surface area contributed by atoms with Gasteiger partial charge in [0, 0.05) is 6.54 Å². The number of amides is 1. The van der Waals surface area contributed by atoms with Crippen LogP contribution in [0.25, 0.3) is 0 Å². The number of nitrogens with zero attached hydrogens (tertiary/aromatic N) is 1. The second kappa shape index (κ2) is 5.50. The summed E-state index contributed by atoms with van der Waals surface area (Å²) < 4.78 is 5.15. The molecule has 3 N–H and O–H groups in total. The molecule has 0 saturated heterocycles. The van der Waals surface area contributed by atoms with Crippen molar-refractivity contribution in [2.75, 3.05) is 6.54 Å². The second-order valence-corrected chi connectivity index (χ2v) is 3.33. The Labute approximate surface area is 89.1 Å². The van der Waals surface area contributed by atoms with Crippen LogP contribution in [0, 0.1) is 0 Å². The molecule has 0 fully saturated rings. The first-order valence-electron chi connectivity index (χ1n) is 5.18. The van der Waals surface area contributed by atoms with Crippen LogP contribution in [0.3, 0.4) is 0 Å². The first-order valence-corrected chi connectivity index (χ1v) is 5.18. The maximum atomic E-state index is 11.4. The van der Waals surface area contributed by atoms with Crippen LogP contribution in [0.4, 0.5) is 0 Å². The Balaban J connectivity index is 2.67. The molecule has 0 aliphatic carbocycles. The van der Waals surface area contributed by atoms with E-state index >= 15 is 0 Å². The van der Waals surface area contributed by atoms with Gasteiger partial charge in [-0.1, -0.05) is 13.3 Å². The van der Waals surface area contributed by atoms with E-state index in [4.69, 9.17) is 10.2 Å². The lowest BCUT2D eigenvalue weighted by molar-refractivity contribution is 0.0951. The Morgan fingerprint density at radius 3 is 3.00 bits per heavy atom. The fourth-order valence-electron chi connectivity index (χ4n) is 1.25. The molecule has 0 aliphatic heterocycles. The number of aromatic nitrogens is 1. The number of carbonyl (C=O) groups excluding carboxylic acids is 1. The SMILES string of the molecule is CCCC(N)c1nc(C(=O)NCC)co1. The summed E-state index contributed by atoms with van der Waals surface area (Å²) >= 11 is 0. The van der Waals surface area contributed by atoms with Crippen LogP contribution in [-0.2, 0) is 0 Å². The summed E-state index contributed by atoms with van der Waals surface area (Å²) in [5.41, 5.74) is 6.10. The van der Waals surface area contributed by atoms with Gasteiger partial charge in [0.2, 0.25) is 5.89 Å². The first kappa shape index (κ1) is 11.7. The molecule has 5 nitrogen and oxygen atoms in total. The third kappa shape index (κ3) is 3.06. The summed E-state index contributed by atoms with van der Waals surface area (Å²) in [6, 6.07) is -0.224. The first-order chi connectivity index (χ1) is 7.19. The minimum atomic E-state index is -0.226. The molecule has 84 valence electrons. The molecule has 0 saturated carbocycles. The number of oxazole rings is 1. The molecule has 0 bridgehead atoms. The van der Waals surface area contributed by atoms with Crippen LogP contribution in [0.15, 0.2) is 10.7 Å². The summed E-state index contributed by atoms with van der Waals surface area (Å²) in [5, 5.41) is 2.64. The number of rotatable bonds is 5. The van der Waals surface area contributed by atoms with E-state index in [0.29, 0.717) is 18.1 Å². The Bertz CT molecular complexity index is 322. The van der Waals surface area contributed by atoms with Crippen molar-refractivity contribution in [1.29, 1.82) is 0 Å². The number of hydrogen-bond acceptors (Lipinski definition) is 4. The quantitative estimate of drug-likeness (QED) is 0.767. The van der Waals surface area contributed by atoms with Crippen molar-refractivity contribution in [3.8, 4) is 0 Å². The van der Waals surface area contributed by atoms with Crippen molar-refractivity contribution in [3.63, 3.8) is 0 Å². The monoisotopic (exact) mass is 211 g/mol. The lowest BCUT2D eigenvalue weighted by Gasteiger charge is -2.03. The average molecular weight is 211 g/mol. The lowest BCUT2D eigenvalue weighted by Crippen LogP contribution is -2.23. The molecule has 15 heavy (non-hydrogen) atoms. The number of nitrogens with one attached hydrogen (secondary N) is 1. The largest absolute Gasteiger partial charge is 0.446 e. The summed E-state index contributed by atoms with van der Waals surface area (Å²) in [6.45, 7) is 4.46. The summed E-state index contributed by atoms with van der Waals surface area (Å²) in [7, 11) is 0. The molecule has 1 unspecified atom stereocenters. The van der Waals surface area contributed by atoms with Gasteiger partial charge >= 0.3 is 0 Å². The maximum Gasteiger partial charge on any atom is 0.273 e. The van der Waals surface area contributed by atoms with Gasteiger partial charge in [-0.25, -0.2) is 4.98 Å². The molecular weight excluding hydrogens is 194 g/mol. The second-order valence-electron chi connectivity index (χ2n) is 3.33. The zero-order valence-corrected chi connectivity index (χ0v) is 9.12. The van der Waals surface area contributed by atoms with Crippen molar-refractivity contribution < 1.29 is 9.21 Å². The predicted octanol–water partition coefficient (Wildman–Crippen LogP) is 1.22. The van der Waals surface area contributed by atoms with E-state index in [0.717, 1.165) is 12.8 Å². The highest BCUT2D eigenvalue weighted by molar-refractivity contribution is 5.91. The van der Waals surface area contributed by atoms with Crippen molar-refractivity contribution in [2.24, 2.45) is 5.73 Å². The standard InChI is InChI=1S/C10H17N3O2/c1-3-5-7(11)10-13-8(6-15-10)9(14)12-4-2/h6-7H,3-5,11H2,1-2H3,(H,12,14). The summed E-state index contributed by atoms with van der Waals surface area (Å²) in [5.74, 6) is 0.203. The predicted molar refractivity (Wildman–Crippen MR) is 56.3 cm³/mol. The Morgan fingerprint density at radius 1 is 1.67 bits per heavy atom. The minimum Gasteiger partial charge on any atom is -0.446 e. The van der Waals surface area contributed by atoms with Crippen molar-refractivity contribution in [2.45, 2.75) is 32.7 Å². The molecule has 0 aromatic carbocycles. The zero-order chi connectivity index (χ0) is 11.3. The van der Waals surface area contributed by atoms with E-state index in [2.05, 4.69) is 10.3 Å². The fourth-order valence-corrected chi connectivity index (χ4v) is 1.25. The van der Waals surface area contributed by atoms with E-state index in [1.54, 1.807) is 0 Å². The van der Waals surface area contributed by atoms with E-state index in [1.807, 2.05) is 13.8 Å². The zero-order valence-electron chi connectivity index (χ0n) is 9.12. The van der Waals surface area contributed by atoms with Crippen LogP contribution in [0.1, 0.15) is 49.1 Å². The van der Waals surface area contributed by atoms with E-state index in [9.17, 15) is 4.79 Å². The van der Waals surface area contributed by atoms with E-state index in [-0.39, 0.29) is 11.9 Å². The van der Waals surface area contributed by atoms with Crippen molar-refractivity contribution in [1.82, 2.24) is 10.3 Å². The van der Waals surface area contributed by atoms with Crippen molar-refractivity contribution in [3.05, 3.63) is 17.8 Å². The molecule has 1 atom stereocenters. The van der Waals surface area contributed by atoms with Crippen LogP contribution in [0.5, 0.6) is 0 Å². The van der Waals surface area contributed by atoms with Gasteiger partial charge in [-0.2, -0.15) is 0 Å². The van der Waals surface area contributed by atoms with Crippen LogP contribution in [-0.4, -0.2) is 17.4 Å².